The van der Waals surface area contributed by atoms with Gasteiger partial charge in [0.2, 0.25) is 0 Å². The largest absolute Gasteiger partial charge is 0.453 e. The van der Waals surface area contributed by atoms with E-state index in [9.17, 15) is 13.2 Å². The molecule has 0 saturated carbocycles. The maximum absolute atomic E-state index is 13.0. The van der Waals surface area contributed by atoms with Gasteiger partial charge in [-0.15, -0.1) is 15.3 Å². The molecule has 6 nitrogen and oxygen atoms in total. The summed E-state index contributed by atoms with van der Waals surface area (Å²) in [6, 6.07) is 3.96. The van der Waals surface area contributed by atoms with Gasteiger partial charge in [-0.2, -0.15) is 17.7 Å². The summed E-state index contributed by atoms with van der Waals surface area (Å²) in [5, 5.41) is 14.5. The third kappa shape index (κ3) is 2.52. The van der Waals surface area contributed by atoms with Gasteiger partial charge in [-0.1, -0.05) is 0 Å². The lowest BCUT2D eigenvalue weighted by molar-refractivity contribution is -0.146. The van der Waals surface area contributed by atoms with Crippen molar-refractivity contribution in [2.45, 2.75) is 43.9 Å². The molecule has 2 aromatic heterocycles. The van der Waals surface area contributed by atoms with E-state index in [4.69, 9.17) is 0 Å². The topological polar surface area (TPSA) is 58.4 Å². The second kappa shape index (κ2) is 5.33. The van der Waals surface area contributed by atoms with Crippen LogP contribution in [-0.4, -0.2) is 45.0 Å². The van der Waals surface area contributed by atoms with Gasteiger partial charge >= 0.3 is 6.18 Å². The van der Waals surface area contributed by atoms with Crippen LogP contribution in [0.4, 0.5) is 19.0 Å². The van der Waals surface area contributed by atoms with Gasteiger partial charge in [-0.05, 0) is 44.4 Å². The number of nitrogens with one attached hydrogen (secondary N) is 1. The molecule has 2 aliphatic rings. The molecule has 0 aliphatic carbocycles. The van der Waals surface area contributed by atoms with Crippen LogP contribution in [0.5, 0.6) is 0 Å². The van der Waals surface area contributed by atoms with Crippen LogP contribution in [0.25, 0.3) is 5.65 Å². The maximum Gasteiger partial charge on any atom is 0.453 e. The Morgan fingerprint density at radius 3 is 2.83 bits per heavy atom. The second-order valence-corrected chi connectivity index (χ2v) is 6.09. The number of anilines is 1. The Balaban J connectivity index is 1.73. The van der Waals surface area contributed by atoms with Gasteiger partial charge in [0.05, 0.1) is 0 Å². The Labute approximate surface area is 130 Å². The van der Waals surface area contributed by atoms with E-state index in [-0.39, 0.29) is 11.7 Å². The van der Waals surface area contributed by atoms with E-state index in [2.05, 4.69) is 25.5 Å². The lowest BCUT2D eigenvalue weighted by Gasteiger charge is -2.45. The van der Waals surface area contributed by atoms with E-state index in [0.717, 1.165) is 43.3 Å². The van der Waals surface area contributed by atoms with Crippen LogP contribution in [0, 0.1) is 0 Å². The summed E-state index contributed by atoms with van der Waals surface area (Å²) in [7, 11) is 0. The maximum atomic E-state index is 13.0. The lowest BCUT2D eigenvalue weighted by Crippen LogP contribution is -2.57. The quantitative estimate of drug-likeness (QED) is 0.867. The van der Waals surface area contributed by atoms with Gasteiger partial charge in [0.1, 0.15) is 5.82 Å². The van der Waals surface area contributed by atoms with Crippen molar-refractivity contribution in [3.05, 3.63) is 18.0 Å². The zero-order valence-electron chi connectivity index (χ0n) is 12.4. The first-order valence-corrected chi connectivity index (χ1v) is 7.84. The molecule has 9 heteroatoms. The van der Waals surface area contributed by atoms with Gasteiger partial charge < -0.3 is 10.2 Å². The van der Waals surface area contributed by atoms with E-state index in [0.29, 0.717) is 11.9 Å². The van der Waals surface area contributed by atoms with Crippen molar-refractivity contribution >= 4 is 11.5 Å². The fraction of sp³-hybridized carbons (Fsp3) is 0.643. The summed E-state index contributed by atoms with van der Waals surface area (Å²) in [6.45, 7) is 1.82. The van der Waals surface area contributed by atoms with Gasteiger partial charge in [0.15, 0.2) is 5.65 Å². The number of halogens is 3. The molecule has 4 heterocycles. The number of rotatable bonds is 1. The molecule has 0 radical (unpaired) electrons. The first-order chi connectivity index (χ1) is 11.0. The number of nitrogens with zero attached hydrogens (tertiary/aromatic N) is 5. The molecule has 0 spiro atoms. The highest BCUT2D eigenvalue weighted by molar-refractivity contribution is 5.47. The summed E-state index contributed by atoms with van der Waals surface area (Å²) < 4.78 is 39.8. The van der Waals surface area contributed by atoms with Crippen LogP contribution >= 0.6 is 0 Å². The number of hydrogen-bond acceptors (Lipinski definition) is 5. The SMILES string of the molecule is FC(F)(F)c1nnc2ccc(N3CCCC4NCCCC43)nn12. The molecule has 2 saturated heterocycles. The number of alkyl halides is 3. The molecule has 4 rings (SSSR count). The van der Waals surface area contributed by atoms with E-state index in [1.165, 1.54) is 0 Å². The highest BCUT2D eigenvalue weighted by atomic mass is 19.4. The minimum atomic E-state index is -4.57. The molecule has 2 unspecified atom stereocenters. The third-order valence-corrected chi connectivity index (χ3v) is 4.66. The van der Waals surface area contributed by atoms with Crippen molar-refractivity contribution in [3.63, 3.8) is 0 Å². The van der Waals surface area contributed by atoms with Gasteiger partial charge in [-0.3, -0.25) is 0 Å². The Morgan fingerprint density at radius 1 is 1.13 bits per heavy atom. The molecule has 2 atom stereocenters. The highest BCUT2D eigenvalue weighted by Crippen LogP contribution is 2.30. The van der Waals surface area contributed by atoms with Gasteiger partial charge in [-0.25, -0.2) is 0 Å². The normalized spacial score (nSPS) is 25.6. The average molecular weight is 326 g/mol. The Morgan fingerprint density at radius 2 is 2.00 bits per heavy atom. The molecule has 23 heavy (non-hydrogen) atoms. The fourth-order valence-electron chi connectivity index (χ4n) is 3.64. The lowest BCUT2D eigenvalue weighted by atomic mass is 9.89. The monoisotopic (exact) mass is 326 g/mol. The fourth-order valence-corrected chi connectivity index (χ4v) is 3.64. The summed E-state index contributed by atoms with van der Waals surface area (Å²) in [4.78, 5) is 2.12. The summed E-state index contributed by atoms with van der Waals surface area (Å²) >= 11 is 0. The predicted octanol–water partition coefficient (Wildman–Crippen LogP) is 1.86. The third-order valence-electron chi connectivity index (χ3n) is 4.66. The van der Waals surface area contributed by atoms with Crippen LogP contribution < -0.4 is 10.2 Å². The van der Waals surface area contributed by atoms with Crippen molar-refractivity contribution in [1.82, 2.24) is 25.1 Å². The molecule has 0 bridgehead atoms. The molecule has 2 aromatic rings. The van der Waals surface area contributed by atoms with E-state index in [1.807, 2.05) is 0 Å². The number of hydrogen-bond donors (Lipinski definition) is 1. The minimum absolute atomic E-state index is 0.108. The Hall–Kier alpha value is -1.90. The van der Waals surface area contributed by atoms with Crippen molar-refractivity contribution in [1.29, 1.82) is 0 Å². The minimum Gasteiger partial charge on any atom is -0.351 e. The van der Waals surface area contributed by atoms with Crippen LogP contribution in [0.15, 0.2) is 12.1 Å². The molecule has 1 N–H and O–H groups in total. The molecule has 0 amide bonds. The first-order valence-electron chi connectivity index (χ1n) is 7.84. The zero-order chi connectivity index (χ0) is 16.0. The molecular formula is C14H17F3N6. The molecular weight excluding hydrogens is 309 g/mol. The smallest absolute Gasteiger partial charge is 0.351 e. The van der Waals surface area contributed by atoms with Crippen LogP contribution in [0.1, 0.15) is 31.5 Å². The predicted molar refractivity (Wildman–Crippen MR) is 77.2 cm³/mol. The number of fused-ring (bicyclic) bond motifs is 2. The van der Waals surface area contributed by atoms with Crippen LogP contribution in [-0.2, 0) is 6.18 Å². The van der Waals surface area contributed by atoms with Crippen LogP contribution in [0.3, 0.4) is 0 Å². The summed E-state index contributed by atoms with van der Waals surface area (Å²) in [5.41, 5.74) is 0.108. The number of aromatic nitrogens is 4. The summed E-state index contributed by atoms with van der Waals surface area (Å²) in [5.74, 6) is -0.522. The summed E-state index contributed by atoms with van der Waals surface area (Å²) in [6.07, 6.45) is -0.361. The standard InChI is InChI=1S/C14H17F3N6/c15-14(16,17)13-20-19-11-5-6-12(21-23(11)13)22-8-2-3-9-10(22)4-1-7-18-9/h5-6,9-10,18H,1-4,7-8H2. The van der Waals surface area contributed by atoms with Crippen molar-refractivity contribution in [3.8, 4) is 0 Å². The van der Waals surface area contributed by atoms with Gasteiger partial charge in [0.25, 0.3) is 5.82 Å². The zero-order valence-corrected chi connectivity index (χ0v) is 12.4. The molecule has 2 aliphatic heterocycles. The second-order valence-electron chi connectivity index (χ2n) is 6.09. The van der Waals surface area contributed by atoms with E-state index in [1.54, 1.807) is 12.1 Å². The number of piperidine rings is 2. The first kappa shape index (κ1) is 14.7. The van der Waals surface area contributed by atoms with Crippen molar-refractivity contribution < 1.29 is 13.2 Å². The van der Waals surface area contributed by atoms with Gasteiger partial charge in [0, 0.05) is 18.6 Å². The van der Waals surface area contributed by atoms with Crippen LogP contribution in [0.2, 0.25) is 0 Å². The highest BCUT2D eigenvalue weighted by Gasteiger charge is 2.38. The molecule has 2 fully saturated rings. The van der Waals surface area contributed by atoms with E-state index >= 15 is 0 Å². The average Bonchev–Trinajstić information content (AvgIpc) is 2.97. The van der Waals surface area contributed by atoms with Crippen molar-refractivity contribution in [2.75, 3.05) is 18.0 Å². The Kier molecular flexibility index (Phi) is 3.40. The van der Waals surface area contributed by atoms with Crippen molar-refractivity contribution in [2.24, 2.45) is 0 Å². The molecule has 0 aromatic carbocycles. The van der Waals surface area contributed by atoms with E-state index < -0.39 is 12.0 Å². The Bertz CT molecular complexity index is 710. The molecule has 124 valence electrons.